The van der Waals surface area contributed by atoms with Gasteiger partial charge in [-0.3, -0.25) is 4.57 Å². The van der Waals surface area contributed by atoms with Gasteiger partial charge in [-0.2, -0.15) is 13.2 Å². The minimum atomic E-state index is -4.65. The Hall–Kier alpha value is -1.93. The van der Waals surface area contributed by atoms with E-state index in [-0.39, 0.29) is 31.8 Å². The van der Waals surface area contributed by atoms with E-state index in [9.17, 15) is 22.5 Å². The summed E-state index contributed by atoms with van der Waals surface area (Å²) in [6, 6.07) is 9.22. The molecule has 6 nitrogen and oxygen atoms in total. The van der Waals surface area contributed by atoms with Crippen molar-refractivity contribution in [1.29, 1.82) is 0 Å². The highest BCUT2D eigenvalue weighted by atomic mass is 35.5. The standard InChI is InChI=1S/C35H51Cl2F3NO5P/c1-11-34(41-30(42)46-31(2,3)4,23-45-47(43,32(5,6)7)33(8,9)10)19-18-25-15-17-29(26(21-25)35(38,39)40)44-20-12-13-24-14-16-27(36)28(37)22-24/h14-17,21-22H,11-13,18-20,23H2,1-10H3,(H,41,42)/t34-/m0/s1. The van der Waals surface area contributed by atoms with E-state index in [0.717, 1.165) is 11.6 Å². The molecule has 0 radical (unpaired) electrons. The third-order valence-electron chi connectivity index (χ3n) is 7.82. The van der Waals surface area contributed by atoms with E-state index in [2.05, 4.69) is 5.32 Å². The maximum absolute atomic E-state index is 14.3. The summed E-state index contributed by atoms with van der Waals surface area (Å²) >= 11 is 12.0. The van der Waals surface area contributed by atoms with Crippen molar-refractivity contribution in [2.24, 2.45) is 0 Å². The van der Waals surface area contributed by atoms with E-state index in [0.29, 0.717) is 34.9 Å². The molecule has 0 bridgehead atoms. The first kappa shape index (κ1) is 41.2. The molecule has 0 aromatic heterocycles. The lowest BCUT2D eigenvalue weighted by atomic mass is 9.89. The zero-order chi connectivity index (χ0) is 36.1. The van der Waals surface area contributed by atoms with Gasteiger partial charge >= 0.3 is 12.3 Å². The van der Waals surface area contributed by atoms with Gasteiger partial charge in [-0.25, -0.2) is 4.79 Å². The van der Waals surface area contributed by atoms with Crippen LogP contribution in [0.15, 0.2) is 36.4 Å². The largest absolute Gasteiger partial charge is 0.493 e. The molecular formula is C35H51Cl2F3NO5P. The van der Waals surface area contributed by atoms with Crippen molar-refractivity contribution in [1.82, 2.24) is 5.32 Å². The maximum Gasteiger partial charge on any atom is 0.419 e. The molecule has 266 valence electrons. The fourth-order valence-corrected chi connectivity index (χ4v) is 8.82. The number of benzene rings is 2. The van der Waals surface area contributed by atoms with E-state index < -0.39 is 46.7 Å². The molecule has 0 unspecified atom stereocenters. The first-order valence-corrected chi connectivity index (χ1v) is 18.2. The molecule has 0 heterocycles. The number of hydrogen-bond acceptors (Lipinski definition) is 5. The van der Waals surface area contributed by atoms with Gasteiger partial charge in [0, 0.05) is 10.3 Å². The average Bonchev–Trinajstić information content (AvgIpc) is 2.91. The molecule has 2 rings (SSSR count). The lowest BCUT2D eigenvalue weighted by molar-refractivity contribution is -0.139. The van der Waals surface area contributed by atoms with Crippen molar-refractivity contribution < 1.29 is 36.5 Å². The molecule has 0 aliphatic rings. The Morgan fingerprint density at radius 2 is 1.43 bits per heavy atom. The predicted octanol–water partition coefficient (Wildman–Crippen LogP) is 11.5. The normalized spacial score (nSPS) is 14.4. The number of halogens is 5. The third-order valence-corrected chi connectivity index (χ3v) is 12.6. The van der Waals surface area contributed by atoms with Gasteiger partial charge in [-0.05, 0) is 88.3 Å². The molecular weight excluding hydrogens is 673 g/mol. The quantitative estimate of drug-likeness (QED) is 0.164. The summed E-state index contributed by atoms with van der Waals surface area (Å²) in [6.45, 7) is 18.1. The van der Waals surface area contributed by atoms with Crippen LogP contribution in [-0.2, 0) is 32.8 Å². The highest BCUT2D eigenvalue weighted by Gasteiger charge is 2.49. The van der Waals surface area contributed by atoms with E-state index >= 15 is 0 Å². The van der Waals surface area contributed by atoms with Crippen molar-refractivity contribution in [3.63, 3.8) is 0 Å². The molecule has 0 spiro atoms. The van der Waals surface area contributed by atoms with Gasteiger partial charge in [0.2, 0.25) is 7.37 Å². The predicted molar refractivity (Wildman–Crippen MR) is 185 cm³/mol. The van der Waals surface area contributed by atoms with Crippen LogP contribution in [0.2, 0.25) is 10.0 Å². The van der Waals surface area contributed by atoms with Crippen molar-refractivity contribution in [2.75, 3.05) is 13.2 Å². The molecule has 1 N–H and O–H groups in total. The van der Waals surface area contributed by atoms with Gasteiger partial charge in [-0.15, -0.1) is 0 Å². The van der Waals surface area contributed by atoms with E-state index in [1.54, 1.807) is 39.0 Å². The van der Waals surface area contributed by atoms with Crippen LogP contribution < -0.4 is 10.1 Å². The number of nitrogens with one attached hydrogen (secondary N) is 1. The number of rotatable bonds is 13. The molecule has 2 aromatic carbocycles. The zero-order valence-corrected chi connectivity index (χ0v) is 31.7. The van der Waals surface area contributed by atoms with E-state index in [1.165, 1.54) is 6.07 Å². The fourth-order valence-electron chi connectivity index (χ4n) is 5.28. The number of aryl methyl sites for hydroxylation is 2. The molecule has 12 heteroatoms. The van der Waals surface area contributed by atoms with Crippen LogP contribution in [0.5, 0.6) is 5.75 Å². The smallest absolute Gasteiger partial charge is 0.419 e. The van der Waals surface area contributed by atoms with Gasteiger partial charge in [0.05, 0.1) is 34.4 Å². The Labute approximate surface area is 288 Å². The molecule has 0 saturated carbocycles. The van der Waals surface area contributed by atoms with Crippen LogP contribution in [0.25, 0.3) is 0 Å². The molecule has 47 heavy (non-hydrogen) atoms. The number of hydrogen-bond donors (Lipinski definition) is 1. The van der Waals surface area contributed by atoms with Crippen molar-refractivity contribution >= 4 is 36.7 Å². The number of ether oxygens (including phenoxy) is 2. The maximum atomic E-state index is 14.3. The number of carbonyl (C=O) groups is 1. The lowest BCUT2D eigenvalue weighted by Crippen LogP contribution is -2.53. The first-order valence-electron chi connectivity index (χ1n) is 15.9. The monoisotopic (exact) mass is 723 g/mol. The van der Waals surface area contributed by atoms with Crippen LogP contribution in [0, 0.1) is 0 Å². The summed E-state index contributed by atoms with van der Waals surface area (Å²) in [4.78, 5) is 13.0. The number of alkyl halides is 3. The zero-order valence-electron chi connectivity index (χ0n) is 29.3. The van der Waals surface area contributed by atoms with Crippen LogP contribution in [0.4, 0.5) is 18.0 Å². The van der Waals surface area contributed by atoms with Gasteiger partial charge in [0.15, 0.2) is 0 Å². The molecule has 0 aliphatic carbocycles. The number of carbonyl (C=O) groups excluding carboxylic acids is 1. The first-order chi connectivity index (χ1) is 21.3. The Kier molecular flexibility index (Phi) is 13.8. The van der Waals surface area contributed by atoms with Crippen LogP contribution in [-0.4, -0.2) is 40.8 Å². The van der Waals surface area contributed by atoms with Crippen molar-refractivity contribution in [3.8, 4) is 5.75 Å². The fraction of sp³-hybridized carbons (Fsp3) is 0.629. The average molecular weight is 725 g/mol. The summed E-state index contributed by atoms with van der Waals surface area (Å²) in [7, 11) is -3.32. The Bertz CT molecular complexity index is 1400. The topological polar surface area (TPSA) is 73.9 Å². The van der Waals surface area contributed by atoms with Gasteiger partial charge < -0.3 is 19.3 Å². The SMILES string of the molecule is CC[C@](CCc1ccc(OCCCc2ccc(Cl)c(Cl)c2)c(C(F)(F)F)c1)(COP(=O)(C(C)(C)C)C(C)(C)C)NC(=O)OC(C)(C)C. The minimum absolute atomic E-state index is 0.0698. The molecule has 0 aliphatic heterocycles. The highest BCUT2D eigenvalue weighted by molar-refractivity contribution is 7.62. The molecule has 2 aromatic rings. The Morgan fingerprint density at radius 3 is 1.94 bits per heavy atom. The Morgan fingerprint density at radius 1 is 0.851 bits per heavy atom. The number of alkyl carbamates (subject to hydrolysis) is 1. The lowest BCUT2D eigenvalue weighted by Gasteiger charge is -2.43. The minimum Gasteiger partial charge on any atom is -0.493 e. The van der Waals surface area contributed by atoms with E-state index in [1.807, 2.05) is 54.5 Å². The number of amides is 1. The second kappa shape index (κ2) is 15.7. The van der Waals surface area contributed by atoms with E-state index in [4.69, 9.17) is 37.2 Å². The summed E-state index contributed by atoms with van der Waals surface area (Å²) in [5.41, 5.74) is -1.44. The van der Waals surface area contributed by atoms with Crippen LogP contribution >= 0.6 is 30.6 Å². The Balaban J connectivity index is 2.31. The van der Waals surface area contributed by atoms with Gasteiger partial charge in [0.25, 0.3) is 0 Å². The van der Waals surface area contributed by atoms with Crippen molar-refractivity contribution in [3.05, 3.63) is 63.1 Å². The molecule has 1 atom stereocenters. The summed E-state index contributed by atoms with van der Waals surface area (Å²) < 4.78 is 74.3. The van der Waals surface area contributed by atoms with Crippen molar-refractivity contribution in [2.45, 2.75) is 129 Å². The van der Waals surface area contributed by atoms with Gasteiger partial charge in [0.1, 0.15) is 11.4 Å². The molecule has 0 saturated heterocycles. The summed E-state index contributed by atoms with van der Waals surface area (Å²) in [6.07, 6.45) is -3.59. The summed E-state index contributed by atoms with van der Waals surface area (Å²) in [5, 5.41) is 2.37. The molecule has 0 fully saturated rings. The second-order valence-corrected chi connectivity index (χ2v) is 19.8. The highest BCUT2D eigenvalue weighted by Crippen LogP contribution is 2.67. The van der Waals surface area contributed by atoms with Crippen LogP contribution in [0.1, 0.15) is 105 Å². The molecule has 1 amide bonds. The second-order valence-electron chi connectivity index (χ2n) is 15.0. The third kappa shape index (κ3) is 11.9. The van der Waals surface area contributed by atoms with Gasteiger partial charge in [-0.1, -0.05) is 83.8 Å². The van der Waals surface area contributed by atoms with Crippen LogP contribution in [0.3, 0.4) is 0 Å². The summed E-state index contributed by atoms with van der Waals surface area (Å²) in [5.74, 6) is -0.261.